The molecule has 0 bridgehead atoms. The number of H-pyrrole nitrogens is 1. The molecule has 21 heavy (non-hydrogen) atoms. The van der Waals surface area contributed by atoms with Gasteiger partial charge >= 0.3 is 0 Å². The maximum atomic E-state index is 12.9. The molecule has 3 rings (SSSR count). The average molecular weight is 283 g/mol. The maximum Gasteiger partial charge on any atom is 0.230 e. The second-order valence-electron chi connectivity index (χ2n) is 5.69. The van der Waals surface area contributed by atoms with Gasteiger partial charge in [-0.25, -0.2) is 4.98 Å². The third-order valence-electron chi connectivity index (χ3n) is 4.23. The van der Waals surface area contributed by atoms with E-state index in [4.69, 9.17) is 0 Å². The summed E-state index contributed by atoms with van der Waals surface area (Å²) in [6.45, 7) is 4.79. The summed E-state index contributed by atoms with van der Waals surface area (Å²) < 4.78 is 0. The molecule has 0 spiro atoms. The smallest absolute Gasteiger partial charge is 0.230 e. The number of anilines is 1. The number of nitrogens with one attached hydrogen (secondary N) is 1. The second-order valence-corrected chi connectivity index (χ2v) is 5.69. The van der Waals surface area contributed by atoms with Crippen molar-refractivity contribution in [3.8, 4) is 0 Å². The first-order valence-electron chi connectivity index (χ1n) is 7.58. The number of imidazole rings is 1. The maximum absolute atomic E-state index is 12.9. The highest BCUT2D eigenvalue weighted by molar-refractivity contribution is 5.95. The summed E-state index contributed by atoms with van der Waals surface area (Å²) in [6, 6.07) is 8.15. The second kappa shape index (κ2) is 5.72. The van der Waals surface area contributed by atoms with Crippen LogP contribution >= 0.6 is 0 Å². The summed E-state index contributed by atoms with van der Waals surface area (Å²) >= 11 is 0. The largest absolute Gasteiger partial charge is 0.348 e. The van der Waals surface area contributed by atoms with Gasteiger partial charge in [0.1, 0.15) is 0 Å². The van der Waals surface area contributed by atoms with Gasteiger partial charge in [-0.3, -0.25) is 4.79 Å². The molecule has 1 heterocycles. The molecule has 1 aliphatic carbocycles. The van der Waals surface area contributed by atoms with E-state index in [1.165, 1.54) is 5.56 Å². The van der Waals surface area contributed by atoms with Gasteiger partial charge in [0, 0.05) is 30.3 Å². The Morgan fingerprint density at radius 3 is 3.10 bits per heavy atom. The van der Waals surface area contributed by atoms with Crippen LogP contribution < -0.4 is 4.90 Å². The fraction of sp³-hybridized carbons (Fsp3) is 0.412. The molecule has 110 valence electrons. The molecule has 2 aromatic rings. The van der Waals surface area contributed by atoms with Crippen molar-refractivity contribution in [3.05, 3.63) is 47.5 Å². The van der Waals surface area contributed by atoms with E-state index in [2.05, 4.69) is 29.0 Å². The minimum Gasteiger partial charge on any atom is -0.348 e. The van der Waals surface area contributed by atoms with Crippen LogP contribution in [-0.2, 0) is 17.6 Å². The number of fused-ring (bicyclic) bond motifs is 1. The molecule has 0 radical (unpaired) electrons. The van der Waals surface area contributed by atoms with Crippen LogP contribution in [0, 0.1) is 12.8 Å². The lowest BCUT2D eigenvalue weighted by molar-refractivity contribution is -0.122. The summed E-state index contributed by atoms with van der Waals surface area (Å²) in [6.07, 6.45) is 4.28. The standard InChI is InChI=1S/C17H21N3O/c1-3-20(14-6-4-5-12(2)9-14)17(21)13-7-8-15-16(10-13)19-11-18-15/h4-6,9,11,13H,3,7-8,10H2,1-2H3,(H,18,19). The van der Waals surface area contributed by atoms with Crippen LogP contribution in [0.4, 0.5) is 5.69 Å². The monoisotopic (exact) mass is 283 g/mol. The van der Waals surface area contributed by atoms with E-state index in [9.17, 15) is 4.79 Å². The number of hydrogen-bond donors (Lipinski definition) is 1. The lowest BCUT2D eigenvalue weighted by Gasteiger charge is -2.28. The molecular weight excluding hydrogens is 262 g/mol. The van der Waals surface area contributed by atoms with Crippen LogP contribution in [0.15, 0.2) is 30.6 Å². The number of rotatable bonds is 3. The fourth-order valence-electron chi connectivity index (χ4n) is 3.09. The minimum absolute atomic E-state index is 0.0541. The van der Waals surface area contributed by atoms with E-state index in [-0.39, 0.29) is 11.8 Å². The Hall–Kier alpha value is -2.10. The van der Waals surface area contributed by atoms with Gasteiger partial charge < -0.3 is 9.88 Å². The lowest BCUT2D eigenvalue weighted by atomic mass is 9.88. The Morgan fingerprint density at radius 1 is 1.48 bits per heavy atom. The number of amides is 1. The van der Waals surface area contributed by atoms with E-state index in [0.717, 1.165) is 36.3 Å². The first kappa shape index (κ1) is 13.9. The molecule has 1 aromatic carbocycles. The van der Waals surface area contributed by atoms with Gasteiger partial charge in [0.15, 0.2) is 0 Å². The summed E-state index contributed by atoms with van der Waals surface area (Å²) in [7, 11) is 0. The first-order valence-corrected chi connectivity index (χ1v) is 7.58. The van der Waals surface area contributed by atoms with Gasteiger partial charge in [-0.05, 0) is 44.4 Å². The number of carbonyl (C=O) groups excluding carboxylic acids is 1. The number of nitrogens with zero attached hydrogens (tertiary/aromatic N) is 2. The van der Waals surface area contributed by atoms with E-state index in [0.29, 0.717) is 6.54 Å². The third kappa shape index (κ3) is 2.71. The van der Waals surface area contributed by atoms with E-state index in [1.807, 2.05) is 24.0 Å². The fourth-order valence-corrected chi connectivity index (χ4v) is 3.09. The minimum atomic E-state index is 0.0541. The molecule has 1 atom stereocenters. The quantitative estimate of drug-likeness (QED) is 0.941. The zero-order valence-corrected chi connectivity index (χ0v) is 12.6. The number of aromatic amines is 1. The van der Waals surface area contributed by atoms with Crippen molar-refractivity contribution >= 4 is 11.6 Å². The Balaban J connectivity index is 1.80. The van der Waals surface area contributed by atoms with Crippen LogP contribution in [0.2, 0.25) is 0 Å². The van der Waals surface area contributed by atoms with Gasteiger partial charge in [0.25, 0.3) is 0 Å². The molecule has 4 nitrogen and oxygen atoms in total. The average Bonchev–Trinajstić information content (AvgIpc) is 2.95. The zero-order valence-electron chi connectivity index (χ0n) is 12.6. The highest BCUT2D eigenvalue weighted by Crippen LogP contribution is 2.27. The zero-order chi connectivity index (χ0) is 14.8. The van der Waals surface area contributed by atoms with E-state index < -0.39 is 0 Å². The number of aryl methyl sites for hydroxylation is 2. The van der Waals surface area contributed by atoms with Gasteiger partial charge in [-0.2, -0.15) is 0 Å². The SMILES string of the molecule is CCN(C(=O)C1CCc2nc[nH]c2C1)c1cccc(C)c1. The van der Waals surface area contributed by atoms with Crippen molar-refractivity contribution in [1.29, 1.82) is 0 Å². The molecule has 4 heteroatoms. The van der Waals surface area contributed by atoms with Crippen molar-refractivity contribution in [2.24, 2.45) is 5.92 Å². The highest BCUT2D eigenvalue weighted by Gasteiger charge is 2.29. The number of benzene rings is 1. The van der Waals surface area contributed by atoms with Crippen LogP contribution in [0.3, 0.4) is 0 Å². The molecule has 0 fully saturated rings. The lowest BCUT2D eigenvalue weighted by Crippen LogP contribution is -2.38. The predicted molar refractivity (Wildman–Crippen MR) is 83.3 cm³/mol. The molecule has 1 aliphatic rings. The Kier molecular flexibility index (Phi) is 3.78. The van der Waals surface area contributed by atoms with Crippen molar-refractivity contribution in [2.45, 2.75) is 33.1 Å². The normalized spacial score (nSPS) is 17.3. The van der Waals surface area contributed by atoms with Gasteiger partial charge in [-0.1, -0.05) is 12.1 Å². The molecule has 0 saturated carbocycles. The van der Waals surface area contributed by atoms with Crippen molar-refractivity contribution in [1.82, 2.24) is 9.97 Å². The van der Waals surface area contributed by atoms with Crippen molar-refractivity contribution in [2.75, 3.05) is 11.4 Å². The van der Waals surface area contributed by atoms with Crippen LogP contribution in [0.25, 0.3) is 0 Å². The van der Waals surface area contributed by atoms with Gasteiger partial charge in [-0.15, -0.1) is 0 Å². The summed E-state index contributed by atoms with van der Waals surface area (Å²) in [5.41, 5.74) is 4.42. The molecular formula is C17H21N3O. The molecule has 1 unspecified atom stereocenters. The van der Waals surface area contributed by atoms with Crippen LogP contribution in [-0.4, -0.2) is 22.4 Å². The molecule has 1 N–H and O–H groups in total. The molecule has 1 aromatic heterocycles. The Morgan fingerprint density at radius 2 is 2.33 bits per heavy atom. The first-order chi connectivity index (χ1) is 10.2. The van der Waals surface area contributed by atoms with Gasteiger partial charge in [0.05, 0.1) is 12.0 Å². The summed E-state index contributed by atoms with van der Waals surface area (Å²) in [5, 5.41) is 0. The Bertz CT molecular complexity index is 647. The topological polar surface area (TPSA) is 49.0 Å². The van der Waals surface area contributed by atoms with E-state index in [1.54, 1.807) is 6.33 Å². The molecule has 0 aliphatic heterocycles. The molecule has 0 saturated heterocycles. The summed E-state index contributed by atoms with van der Waals surface area (Å²) in [5.74, 6) is 0.279. The van der Waals surface area contributed by atoms with Crippen molar-refractivity contribution < 1.29 is 4.79 Å². The number of carbonyl (C=O) groups is 1. The van der Waals surface area contributed by atoms with E-state index >= 15 is 0 Å². The third-order valence-corrected chi connectivity index (χ3v) is 4.23. The predicted octanol–water partition coefficient (Wildman–Crippen LogP) is 2.88. The highest BCUT2D eigenvalue weighted by atomic mass is 16.2. The van der Waals surface area contributed by atoms with Gasteiger partial charge in [0.2, 0.25) is 5.91 Å². The Labute approximate surface area is 125 Å². The van der Waals surface area contributed by atoms with Crippen LogP contribution in [0.1, 0.15) is 30.3 Å². The van der Waals surface area contributed by atoms with Crippen LogP contribution in [0.5, 0.6) is 0 Å². The van der Waals surface area contributed by atoms with Crippen molar-refractivity contribution in [3.63, 3.8) is 0 Å². The number of hydrogen-bond acceptors (Lipinski definition) is 2. The summed E-state index contributed by atoms with van der Waals surface area (Å²) in [4.78, 5) is 22.2. The molecule has 1 amide bonds. The number of aromatic nitrogens is 2.